The van der Waals surface area contributed by atoms with Crippen LogP contribution < -0.4 is 10.6 Å². The maximum Gasteiger partial charge on any atom is 0.275 e. The van der Waals surface area contributed by atoms with E-state index in [-0.39, 0.29) is 23.4 Å². The van der Waals surface area contributed by atoms with Crippen LogP contribution in [0.2, 0.25) is 5.02 Å². The molecule has 1 aliphatic heterocycles. The lowest BCUT2D eigenvalue weighted by Crippen LogP contribution is -2.43. The van der Waals surface area contributed by atoms with Crippen molar-refractivity contribution < 1.29 is 14.4 Å². The van der Waals surface area contributed by atoms with Gasteiger partial charge in [0.1, 0.15) is 17.2 Å². The number of carbonyl (C=O) groups is 3. The molecule has 34 heavy (non-hydrogen) atoms. The summed E-state index contributed by atoms with van der Waals surface area (Å²) in [7, 11) is 0. The Morgan fingerprint density at radius 3 is 2.74 bits per heavy atom. The fourth-order valence-corrected chi connectivity index (χ4v) is 3.83. The molecule has 4 heterocycles. The van der Waals surface area contributed by atoms with Gasteiger partial charge in [-0.15, -0.1) is 0 Å². The Morgan fingerprint density at radius 1 is 1.18 bits per heavy atom. The summed E-state index contributed by atoms with van der Waals surface area (Å²) in [6.07, 6.45) is 5.63. The Labute approximate surface area is 200 Å². The van der Waals surface area contributed by atoms with E-state index in [2.05, 4.69) is 37.4 Å². The van der Waals surface area contributed by atoms with Gasteiger partial charge in [0.15, 0.2) is 0 Å². The summed E-state index contributed by atoms with van der Waals surface area (Å²) in [5, 5.41) is 12.5. The average molecular weight is 480 g/mol. The number of hydrogen-bond acceptors (Lipinski definition) is 6. The van der Waals surface area contributed by atoms with Crippen molar-refractivity contribution in [1.82, 2.24) is 25.1 Å². The number of carbonyl (C=O) groups excluding carboxylic acids is 3. The summed E-state index contributed by atoms with van der Waals surface area (Å²) in [4.78, 5) is 47.2. The Balaban J connectivity index is 1.36. The van der Waals surface area contributed by atoms with Crippen molar-refractivity contribution >= 4 is 40.8 Å². The number of halogens is 1. The van der Waals surface area contributed by atoms with Crippen molar-refractivity contribution in [3.8, 4) is 11.4 Å². The smallest absolute Gasteiger partial charge is 0.275 e. The van der Waals surface area contributed by atoms with Gasteiger partial charge in [-0.3, -0.25) is 19.5 Å². The van der Waals surface area contributed by atoms with Crippen LogP contribution in [0, 0.1) is 5.92 Å². The van der Waals surface area contributed by atoms with Gasteiger partial charge < -0.3 is 15.5 Å². The lowest BCUT2D eigenvalue weighted by molar-refractivity contribution is -0.130. The zero-order valence-corrected chi connectivity index (χ0v) is 18.9. The average Bonchev–Trinajstić information content (AvgIpc) is 3.30. The van der Waals surface area contributed by atoms with Crippen molar-refractivity contribution in [2.45, 2.75) is 12.8 Å². The highest BCUT2D eigenvalue weighted by Crippen LogP contribution is 2.23. The molecular formula is C23H22ClN7O3. The second kappa shape index (κ2) is 10.3. The maximum atomic E-state index is 12.6. The van der Waals surface area contributed by atoms with Crippen LogP contribution in [0.3, 0.4) is 0 Å². The summed E-state index contributed by atoms with van der Waals surface area (Å²) in [6, 6.07) is 8.20. The van der Waals surface area contributed by atoms with Gasteiger partial charge in [-0.2, -0.15) is 5.10 Å². The standard InChI is InChI=1S/C23H22ClN7O3/c1-2-20(32)31-10-4-5-14(13-31)22(33)27-15-8-9-19(25-11-15)29-23(34)18-7-3-6-17(28-18)21-16(24)12-26-30-21/h2-3,6-9,11-12,14H,1,4-5,10,13H2,(H,26,30)(H,27,33)(H,25,29,34)/t14-/m0/s1. The molecule has 1 atom stereocenters. The minimum Gasteiger partial charge on any atom is -0.338 e. The fourth-order valence-electron chi connectivity index (χ4n) is 3.64. The molecular weight excluding hydrogens is 458 g/mol. The molecule has 1 fully saturated rings. The SMILES string of the molecule is C=CC(=O)N1CCC[C@H](C(=O)Nc2ccc(NC(=O)c3cccc(-c4[nH]ncc4Cl)n3)nc2)C1. The van der Waals surface area contributed by atoms with Crippen molar-refractivity contribution in [2.75, 3.05) is 23.7 Å². The van der Waals surface area contributed by atoms with Crippen LogP contribution in [0.5, 0.6) is 0 Å². The third-order valence-corrected chi connectivity index (χ3v) is 5.67. The second-order valence-corrected chi connectivity index (χ2v) is 8.11. The van der Waals surface area contributed by atoms with Crippen LogP contribution in [0.25, 0.3) is 11.4 Å². The molecule has 0 spiro atoms. The van der Waals surface area contributed by atoms with Gasteiger partial charge >= 0.3 is 0 Å². The first-order valence-electron chi connectivity index (χ1n) is 10.6. The number of nitrogens with zero attached hydrogens (tertiary/aromatic N) is 4. The number of likely N-dealkylation sites (tertiary alicyclic amines) is 1. The summed E-state index contributed by atoms with van der Waals surface area (Å²) in [5.74, 6) is -0.810. The largest absolute Gasteiger partial charge is 0.338 e. The predicted octanol–water partition coefficient (Wildman–Crippen LogP) is 3.14. The van der Waals surface area contributed by atoms with Crippen molar-refractivity contribution in [1.29, 1.82) is 0 Å². The molecule has 0 aliphatic carbocycles. The van der Waals surface area contributed by atoms with Crippen LogP contribution in [0.15, 0.2) is 55.4 Å². The molecule has 3 amide bonds. The first-order valence-corrected chi connectivity index (χ1v) is 11.0. The number of aromatic amines is 1. The summed E-state index contributed by atoms with van der Waals surface area (Å²) >= 11 is 6.07. The van der Waals surface area contributed by atoms with Gasteiger partial charge in [-0.05, 0) is 43.2 Å². The Morgan fingerprint density at radius 2 is 2.03 bits per heavy atom. The van der Waals surface area contributed by atoms with Crippen LogP contribution in [0.4, 0.5) is 11.5 Å². The molecule has 3 aromatic heterocycles. The van der Waals surface area contributed by atoms with Crippen LogP contribution in [-0.4, -0.2) is 55.9 Å². The van der Waals surface area contributed by atoms with E-state index in [4.69, 9.17) is 11.6 Å². The third kappa shape index (κ3) is 5.29. The van der Waals surface area contributed by atoms with Crippen molar-refractivity contribution in [2.24, 2.45) is 5.92 Å². The molecule has 3 aromatic rings. The number of rotatable bonds is 6. The van der Waals surface area contributed by atoms with Gasteiger partial charge in [-0.1, -0.05) is 24.2 Å². The van der Waals surface area contributed by atoms with E-state index in [1.54, 1.807) is 35.2 Å². The maximum absolute atomic E-state index is 12.6. The van der Waals surface area contributed by atoms with E-state index >= 15 is 0 Å². The summed E-state index contributed by atoms with van der Waals surface area (Å²) < 4.78 is 0. The number of nitrogens with one attached hydrogen (secondary N) is 3. The number of aromatic nitrogens is 4. The molecule has 0 radical (unpaired) electrons. The number of pyridine rings is 2. The molecule has 0 saturated carbocycles. The minimum atomic E-state index is -0.448. The molecule has 0 aromatic carbocycles. The normalized spacial score (nSPS) is 15.4. The molecule has 0 bridgehead atoms. The Hall–Kier alpha value is -4.05. The number of hydrogen-bond donors (Lipinski definition) is 3. The van der Waals surface area contributed by atoms with Gasteiger partial charge in [0.25, 0.3) is 5.91 Å². The summed E-state index contributed by atoms with van der Waals surface area (Å²) in [5.41, 5.74) is 1.67. The zero-order valence-electron chi connectivity index (χ0n) is 18.1. The molecule has 3 N–H and O–H groups in total. The topological polar surface area (TPSA) is 133 Å². The quantitative estimate of drug-likeness (QED) is 0.465. The number of H-pyrrole nitrogens is 1. The van der Waals surface area contributed by atoms with E-state index in [0.29, 0.717) is 47.4 Å². The lowest BCUT2D eigenvalue weighted by Gasteiger charge is -2.31. The van der Waals surface area contributed by atoms with E-state index in [0.717, 1.165) is 6.42 Å². The lowest BCUT2D eigenvalue weighted by atomic mass is 9.97. The fraction of sp³-hybridized carbons (Fsp3) is 0.217. The first kappa shape index (κ1) is 23.1. The van der Waals surface area contributed by atoms with Crippen LogP contribution in [-0.2, 0) is 9.59 Å². The molecule has 174 valence electrons. The van der Waals surface area contributed by atoms with Gasteiger partial charge in [-0.25, -0.2) is 9.97 Å². The van der Waals surface area contributed by atoms with E-state index in [1.807, 2.05) is 0 Å². The second-order valence-electron chi connectivity index (χ2n) is 7.70. The Bertz CT molecular complexity index is 1230. The van der Waals surface area contributed by atoms with Crippen LogP contribution in [0.1, 0.15) is 23.3 Å². The number of amides is 3. The molecule has 11 heteroatoms. The molecule has 1 aliphatic rings. The van der Waals surface area contributed by atoms with Crippen LogP contribution >= 0.6 is 11.6 Å². The first-order chi connectivity index (χ1) is 16.4. The van der Waals surface area contributed by atoms with Gasteiger partial charge in [0, 0.05) is 13.1 Å². The Kier molecular flexibility index (Phi) is 6.98. The highest BCUT2D eigenvalue weighted by atomic mass is 35.5. The number of piperidine rings is 1. The predicted molar refractivity (Wildman–Crippen MR) is 127 cm³/mol. The van der Waals surface area contributed by atoms with E-state index < -0.39 is 5.91 Å². The van der Waals surface area contributed by atoms with Gasteiger partial charge in [0.05, 0.1) is 34.7 Å². The molecule has 4 rings (SSSR count). The zero-order chi connectivity index (χ0) is 24.1. The van der Waals surface area contributed by atoms with E-state index in [9.17, 15) is 14.4 Å². The molecule has 0 unspecified atom stereocenters. The highest BCUT2D eigenvalue weighted by Gasteiger charge is 2.27. The van der Waals surface area contributed by atoms with Crippen molar-refractivity contribution in [3.05, 3.63) is 66.1 Å². The number of anilines is 2. The van der Waals surface area contributed by atoms with Gasteiger partial charge in [0.2, 0.25) is 11.8 Å². The minimum absolute atomic E-state index is 0.174. The van der Waals surface area contributed by atoms with Crippen molar-refractivity contribution in [3.63, 3.8) is 0 Å². The molecule has 1 saturated heterocycles. The highest BCUT2D eigenvalue weighted by molar-refractivity contribution is 6.32. The summed E-state index contributed by atoms with van der Waals surface area (Å²) in [6.45, 7) is 4.48. The van der Waals surface area contributed by atoms with E-state index in [1.165, 1.54) is 18.5 Å². The third-order valence-electron chi connectivity index (χ3n) is 5.38. The molecule has 10 nitrogen and oxygen atoms in total. The monoisotopic (exact) mass is 479 g/mol.